The van der Waals surface area contributed by atoms with Gasteiger partial charge in [0.2, 0.25) is 0 Å². The van der Waals surface area contributed by atoms with Crippen LogP contribution in [0.1, 0.15) is 48.0 Å². The fraction of sp³-hybridized carbons (Fsp3) is 0.320. The summed E-state index contributed by atoms with van der Waals surface area (Å²) in [6.45, 7) is 4.31. The SMILES string of the molecule is CCOC(=O)c1cc2sc(-c3ccc(C)s3)cc2n1-c1ccc(OC2CCCC2)cc1. The molecule has 0 saturated heterocycles. The van der Waals surface area contributed by atoms with Crippen molar-refractivity contribution in [2.75, 3.05) is 6.61 Å². The van der Waals surface area contributed by atoms with Crippen molar-refractivity contribution in [3.05, 3.63) is 59.1 Å². The van der Waals surface area contributed by atoms with Gasteiger partial charge < -0.3 is 14.0 Å². The van der Waals surface area contributed by atoms with Crippen LogP contribution in [0.15, 0.2) is 48.5 Å². The van der Waals surface area contributed by atoms with E-state index in [4.69, 9.17) is 9.47 Å². The fourth-order valence-electron chi connectivity index (χ4n) is 4.19. The summed E-state index contributed by atoms with van der Waals surface area (Å²) in [7, 11) is 0. The number of ether oxygens (including phenoxy) is 2. The Hall–Kier alpha value is -2.57. The van der Waals surface area contributed by atoms with Gasteiger partial charge in [0.05, 0.1) is 22.9 Å². The molecule has 0 atom stereocenters. The van der Waals surface area contributed by atoms with E-state index >= 15 is 0 Å². The number of carbonyl (C=O) groups is 1. The number of carbonyl (C=O) groups excluding carboxylic acids is 1. The average molecular weight is 452 g/mol. The summed E-state index contributed by atoms with van der Waals surface area (Å²) in [6.07, 6.45) is 5.08. The van der Waals surface area contributed by atoms with E-state index in [-0.39, 0.29) is 5.97 Å². The molecule has 31 heavy (non-hydrogen) atoms. The van der Waals surface area contributed by atoms with Gasteiger partial charge in [0, 0.05) is 20.3 Å². The first kappa shape index (κ1) is 20.3. The lowest BCUT2D eigenvalue weighted by atomic mass is 10.2. The summed E-state index contributed by atoms with van der Waals surface area (Å²) in [5, 5.41) is 0. The lowest BCUT2D eigenvalue weighted by Crippen LogP contribution is -2.12. The number of hydrogen-bond donors (Lipinski definition) is 0. The van der Waals surface area contributed by atoms with Gasteiger partial charge in [-0.15, -0.1) is 22.7 Å². The van der Waals surface area contributed by atoms with Crippen LogP contribution in [-0.4, -0.2) is 23.2 Å². The normalized spacial score (nSPS) is 14.4. The lowest BCUT2D eigenvalue weighted by Gasteiger charge is -2.14. The summed E-state index contributed by atoms with van der Waals surface area (Å²) < 4.78 is 14.5. The molecule has 0 unspecified atom stereocenters. The molecule has 0 radical (unpaired) electrons. The smallest absolute Gasteiger partial charge is 0.355 e. The first-order valence-electron chi connectivity index (χ1n) is 10.8. The zero-order valence-electron chi connectivity index (χ0n) is 17.7. The van der Waals surface area contributed by atoms with Crippen LogP contribution in [0.5, 0.6) is 5.75 Å². The maximum absolute atomic E-state index is 12.7. The molecule has 0 N–H and O–H groups in total. The highest BCUT2D eigenvalue weighted by Crippen LogP contribution is 2.40. The number of hydrogen-bond acceptors (Lipinski definition) is 5. The van der Waals surface area contributed by atoms with Gasteiger partial charge in [-0.25, -0.2) is 4.79 Å². The number of aryl methyl sites for hydroxylation is 1. The summed E-state index contributed by atoms with van der Waals surface area (Å²) in [6, 6.07) is 16.5. The second-order valence-corrected chi connectivity index (χ2v) is 10.2. The molecule has 0 amide bonds. The minimum absolute atomic E-state index is 0.300. The van der Waals surface area contributed by atoms with E-state index in [0.717, 1.165) is 34.5 Å². The van der Waals surface area contributed by atoms with Crippen molar-refractivity contribution in [3.63, 3.8) is 0 Å². The Bertz CT molecular complexity index is 1210. The van der Waals surface area contributed by atoms with Crippen molar-refractivity contribution >= 4 is 38.9 Å². The molecule has 5 rings (SSSR count). The third kappa shape index (κ3) is 4.02. The van der Waals surface area contributed by atoms with Gasteiger partial charge in [-0.05, 0) is 88.1 Å². The van der Waals surface area contributed by atoms with E-state index in [1.54, 1.807) is 22.7 Å². The van der Waals surface area contributed by atoms with Crippen LogP contribution in [-0.2, 0) is 4.74 Å². The van der Waals surface area contributed by atoms with Crippen molar-refractivity contribution < 1.29 is 14.3 Å². The molecule has 1 aromatic carbocycles. The van der Waals surface area contributed by atoms with E-state index in [1.165, 1.54) is 27.5 Å². The maximum atomic E-state index is 12.7. The van der Waals surface area contributed by atoms with Crippen LogP contribution in [0.25, 0.3) is 25.7 Å². The van der Waals surface area contributed by atoms with Crippen LogP contribution < -0.4 is 4.74 Å². The second kappa shape index (κ2) is 8.52. The summed E-state index contributed by atoms with van der Waals surface area (Å²) in [4.78, 5) is 16.5. The maximum Gasteiger partial charge on any atom is 0.355 e. The van der Waals surface area contributed by atoms with Gasteiger partial charge in [0.1, 0.15) is 11.4 Å². The van der Waals surface area contributed by atoms with Crippen LogP contribution in [0, 0.1) is 6.92 Å². The van der Waals surface area contributed by atoms with Crippen molar-refractivity contribution in [2.45, 2.75) is 45.6 Å². The van der Waals surface area contributed by atoms with Gasteiger partial charge >= 0.3 is 5.97 Å². The Balaban J connectivity index is 1.54. The van der Waals surface area contributed by atoms with E-state index in [2.05, 4.69) is 25.1 Å². The molecule has 1 aliphatic rings. The molecule has 4 nitrogen and oxygen atoms in total. The van der Waals surface area contributed by atoms with Crippen molar-refractivity contribution in [3.8, 4) is 21.2 Å². The first-order valence-corrected chi connectivity index (χ1v) is 12.4. The zero-order valence-corrected chi connectivity index (χ0v) is 19.4. The standard InChI is InChI=1S/C25H25NO3S2/c1-3-28-25(27)21-15-23-20(14-24(31-23)22-13-8-16(2)30-22)26(21)17-9-11-19(12-10-17)29-18-6-4-5-7-18/h8-15,18H,3-7H2,1-2H3. The van der Waals surface area contributed by atoms with Gasteiger partial charge in [-0.3, -0.25) is 0 Å². The first-order chi connectivity index (χ1) is 15.1. The Labute approximate surface area is 190 Å². The highest BCUT2D eigenvalue weighted by molar-refractivity contribution is 7.26. The number of fused-ring (bicyclic) bond motifs is 1. The van der Waals surface area contributed by atoms with Crippen molar-refractivity contribution in [2.24, 2.45) is 0 Å². The van der Waals surface area contributed by atoms with Crippen LogP contribution in [0.2, 0.25) is 0 Å². The van der Waals surface area contributed by atoms with E-state index < -0.39 is 0 Å². The fourth-order valence-corrected chi connectivity index (χ4v) is 6.22. The summed E-state index contributed by atoms with van der Waals surface area (Å²) in [5.41, 5.74) is 2.52. The molecule has 6 heteroatoms. The molecule has 160 valence electrons. The highest BCUT2D eigenvalue weighted by Gasteiger charge is 2.21. The molecule has 3 heterocycles. The van der Waals surface area contributed by atoms with Crippen molar-refractivity contribution in [1.82, 2.24) is 4.57 Å². The molecule has 0 bridgehead atoms. The number of benzene rings is 1. The van der Waals surface area contributed by atoms with Gasteiger partial charge in [0.15, 0.2) is 0 Å². The monoisotopic (exact) mass is 451 g/mol. The van der Waals surface area contributed by atoms with Gasteiger partial charge in [-0.1, -0.05) is 0 Å². The molecule has 4 aromatic rings. The third-order valence-electron chi connectivity index (χ3n) is 5.66. The molecular formula is C25H25NO3S2. The molecular weight excluding hydrogens is 426 g/mol. The largest absolute Gasteiger partial charge is 0.490 e. The van der Waals surface area contributed by atoms with E-state index in [9.17, 15) is 4.79 Å². The zero-order chi connectivity index (χ0) is 21.4. The van der Waals surface area contributed by atoms with E-state index in [0.29, 0.717) is 18.4 Å². The molecule has 1 saturated carbocycles. The molecule has 1 fully saturated rings. The molecule has 0 spiro atoms. The minimum atomic E-state index is -0.300. The predicted molar refractivity (Wildman–Crippen MR) is 128 cm³/mol. The average Bonchev–Trinajstić information content (AvgIpc) is 3.53. The minimum Gasteiger partial charge on any atom is -0.490 e. The third-order valence-corrected chi connectivity index (χ3v) is 7.93. The quantitative estimate of drug-likeness (QED) is 0.290. The topological polar surface area (TPSA) is 40.5 Å². The predicted octanol–water partition coefficient (Wildman–Crippen LogP) is 7.23. The number of nitrogens with zero attached hydrogens (tertiary/aromatic N) is 1. The Morgan fingerprint density at radius 1 is 1.03 bits per heavy atom. The van der Waals surface area contributed by atoms with Crippen LogP contribution in [0.3, 0.4) is 0 Å². The number of esters is 1. The highest BCUT2D eigenvalue weighted by atomic mass is 32.1. The number of aromatic nitrogens is 1. The second-order valence-electron chi connectivity index (χ2n) is 7.87. The van der Waals surface area contributed by atoms with E-state index in [1.807, 2.05) is 41.8 Å². The molecule has 1 aliphatic carbocycles. The molecule has 0 aliphatic heterocycles. The summed E-state index contributed by atoms with van der Waals surface area (Å²) in [5.74, 6) is 0.586. The van der Waals surface area contributed by atoms with Crippen LogP contribution in [0.4, 0.5) is 0 Å². The van der Waals surface area contributed by atoms with Crippen molar-refractivity contribution in [1.29, 1.82) is 0 Å². The number of thiophene rings is 2. The Morgan fingerprint density at radius 2 is 1.81 bits per heavy atom. The Morgan fingerprint density at radius 3 is 2.48 bits per heavy atom. The number of rotatable bonds is 6. The van der Waals surface area contributed by atoms with Crippen LogP contribution >= 0.6 is 22.7 Å². The van der Waals surface area contributed by atoms with Gasteiger partial charge in [-0.2, -0.15) is 0 Å². The van der Waals surface area contributed by atoms with Gasteiger partial charge in [0.25, 0.3) is 0 Å². The Kier molecular flexibility index (Phi) is 5.59. The lowest BCUT2D eigenvalue weighted by molar-refractivity contribution is 0.0517. The summed E-state index contributed by atoms with van der Waals surface area (Å²) >= 11 is 3.50. The molecule has 3 aromatic heterocycles.